The maximum Gasteiger partial charge on any atom is 0.342 e. The van der Waals surface area contributed by atoms with Gasteiger partial charge in [0.05, 0.1) is 16.7 Å². The largest absolute Gasteiger partial charge is 0.462 e. The molecule has 7 nitrogen and oxygen atoms in total. The molecule has 1 N–H and O–H groups in total. The van der Waals surface area contributed by atoms with Crippen LogP contribution >= 0.6 is 34.8 Å². The summed E-state index contributed by atoms with van der Waals surface area (Å²) in [4.78, 5) is 16.1. The highest BCUT2D eigenvalue weighted by atomic mass is 35.5. The number of carbonyl (C=O) groups excluding carboxylic acids is 1. The third kappa shape index (κ3) is 7.23. The standard InChI is InChI=1S/C22H21Cl3N2O5S/c1-5-31-22(28)18-11-17(6-7-20(18)32-14(3)9-16(24)12-26-4)27-33(29,30)21-13(2)8-15(23)10-19(21)25/h6-12,27H,3,5H2,1-2,4H3. The molecule has 11 heteroatoms. The first-order chi connectivity index (χ1) is 15.5. The third-order valence-corrected chi connectivity index (χ3v) is 6.40. The van der Waals surface area contributed by atoms with Gasteiger partial charge in [0, 0.05) is 30.0 Å². The summed E-state index contributed by atoms with van der Waals surface area (Å²) in [5, 5.41) is 0.538. The second-order valence-electron chi connectivity index (χ2n) is 6.56. The van der Waals surface area contributed by atoms with E-state index in [1.807, 2.05) is 0 Å². The van der Waals surface area contributed by atoms with E-state index in [4.69, 9.17) is 44.3 Å². The number of benzene rings is 2. The molecule has 0 spiro atoms. The van der Waals surface area contributed by atoms with Crippen LogP contribution in [0.2, 0.25) is 10.0 Å². The summed E-state index contributed by atoms with van der Waals surface area (Å²) in [5.74, 6) is -0.495. The Labute approximate surface area is 207 Å². The number of esters is 1. The number of anilines is 1. The predicted molar refractivity (Wildman–Crippen MR) is 133 cm³/mol. The van der Waals surface area contributed by atoms with E-state index in [-0.39, 0.29) is 44.3 Å². The number of aliphatic imine (C=N–C) groups is 1. The van der Waals surface area contributed by atoms with E-state index in [0.717, 1.165) is 0 Å². The Bertz CT molecular complexity index is 1220. The van der Waals surface area contributed by atoms with Crippen molar-refractivity contribution in [3.8, 4) is 5.75 Å². The number of nitrogens with one attached hydrogen (secondary N) is 1. The molecule has 0 atom stereocenters. The quantitative estimate of drug-likeness (QED) is 0.185. The molecule has 2 aromatic rings. The molecule has 0 saturated heterocycles. The summed E-state index contributed by atoms with van der Waals surface area (Å²) in [6, 6.07) is 6.92. The van der Waals surface area contributed by atoms with Crippen LogP contribution in [0.5, 0.6) is 5.75 Å². The number of hydrogen-bond acceptors (Lipinski definition) is 6. The number of aryl methyl sites for hydroxylation is 1. The molecule has 0 unspecified atom stereocenters. The Morgan fingerprint density at radius 1 is 1.24 bits per heavy atom. The molecule has 176 valence electrons. The van der Waals surface area contributed by atoms with Crippen molar-refractivity contribution < 1.29 is 22.7 Å². The van der Waals surface area contributed by atoms with Gasteiger partial charge in [-0.2, -0.15) is 0 Å². The third-order valence-electron chi connectivity index (χ3n) is 3.98. The minimum absolute atomic E-state index is 0.0224. The molecule has 0 heterocycles. The monoisotopic (exact) mass is 530 g/mol. The molecule has 2 aromatic carbocycles. The van der Waals surface area contributed by atoms with Gasteiger partial charge in [-0.05, 0) is 49.7 Å². The van der Waals surface area contributed by atoms with Crippen molar-refractivity contribution in [1.29, 1.82) is 0 Å². The first-order valence-electron chi connectivity index (χ1n) is 9.44. The van der Waals surface area contributed by atoms with Crippen LogP contribution in [0.25, 0.3) is 0 Å². The minimum Gasteiger partial charge on any atom is -0.462 e. The Hall–Kier alpha value is -2.52. The second kappa shape index (κ2) is 11.6. The predicted octanol–water partition coefficient (Wildman–Crippen LogP) is 6.00. The molecule has 0 aliphatic carbocycles. The maximum atomic E-state index is 13.0. The number of hydrogen-bond donors (Lipinski definition) is 1. The second-order valence-corrected chi connectivity index (χ2v) is 9.45. The lowest BCUT2D eigenvalue weighted by Crippen LogP contribution is -2.16. The molecule has 0 bridgehead atoms. The number of allylic oxidation sites excluding steroid dienone is 2. The van der Waals surface area contributed by atoms with Crippen LogP contribution in [0.15, 0.2) is 63.7 Å². The Kier molecular flexibility index (Phi) is 9.36. The van der Waals surface area contributed by atoms with Crippen LogP contribution in [0.4, 0.5) is 5.69 Å². The van der Waals surface area contributed by atoms with Crippen LogP contribution in [0, 0.1) is 6.92 Å². The molecular weight excluding hydrogens is 511 g/mol. The summed E-state index contributed by atoms with van der Waals surface area (Å²) < 4.78 is 39.0. The Morgan fingerprint density at radius 2 is 1.94 bits per heavy atom. The van der Waals surface area contributed by atoms with Gasteiger partial charge in [-0.15, -0.1) is 0 Å². The number of ether oxygens (including phenoxy) is 2. The fraction of sp³-hybridized carbons (Fsp3) is 0.182. The summed E-state index contributed by atoms with van der Waals surface area (Å²) in [7, 11) is -2.54. The smallest absolute Gasteiger partial charge is 0.342 e. The molecule has 0 amide bonds. The molecule has 2 rings (SSSR count). The lowest BCUT2D eigenvalue weighted by atomic mass is 10.2. The van der Waals surface area contributed by atoms with Crippen molar-refractivity contribution in [1.82, 2.24) is 0 Å². The maximum absolute atomic E-state index is 13.0. The highest BCUT2D eigenvalue weighted by Gasteiger charge is 2.23. The van der Waals surface area contributed by atoms with Gasteiger partial charge in [0.25, 0.3) is 10.0 Å². The molecule has 0 aromatic heterocycles. The highest BCUT2D eigenvalue weighted by Crippen LogP contribution is 2.32. The highest BCUT2D eigenvalue weighted by molar-refractivity contribution is 7.92. The summed E-state index contributed by atoms with van der Waals surface area (Å²) in [6.45, 7) is 7.05. The fourth-order valence-corrected chi connectivity index (χ4v) is 5.23. The Morgan fingerprint density at radius 3 is 2.55 bits per heavy atom. The summed E-state index contributed by atoms with van der Waals surface area (Å²) in [5.41, 5.74) is 0.431. The van der Waals surface area contributed by atoms with Crippen molar-refractivity contribution in [2.24, 2.45) is 4.99 Å². The van der Waals surface area contributed by atoms with Gasteiger partial charge in [0.2, 0.25) is 0 Å². The van der Waals surface area contributed by atoms with E-state index in [0.29, 0.717) is 10.6 Å². The van der Waals surface area contributed by atoms with E-state index in [1.54, 1.807) is 20.9 Å². The number of sulfonamides is 1. The van der Waals surface area contributed by atoms with Crippen molar-refractivity contribution in [3.05, 3.63) is 75.0 Å². The zero-order valence-corrected chi connectivity index (χ0v) is 21.1. The lowest BCUT2D eigenvalue weighted by molar-refractivity contribution is 0.0523. The van der Waals surface area contributed by atoms with Gasteiger partial charge in [-0.25, -0.2) is 13.2 Å². The number of carbonyl (C=O) groups is 1. The molecule has 0 aliphatic heterocycles. The van der Waals surface area contributed by atoms with Crippen LogP contribution < -0.4 is 9.46 Å². The van der Waals surface area contributed by atoms with Gasteiger partial charge < -0.3 is 9.47 Å². The van der Waals surface area contributed by atoms with Gasteiger partial charge in [0.1, 0.15) is 22.0 Å². The van der Waals surface area contributed by atoms with Crippen molar-refractivity contribution >= 4 is 62.7 Å². The average molecular weight is 532 g/mol. The fourth-order valence-electron chi connectivity index (χ4n) is 2.77. The van der Waals surface area contributed by atoms with Gasteiger partial charge in [-0.1, -0.05) is 41.4 Å². The number of halogens is 3. The zero-order valence-electron chi connectivity index (χ0n) is 18.0. The van der Waals surface area contributed by atoms with E-state index in [1.165, 1.54) is 42.6 Å². The minimum atomic E-state index is -4.10. The average Bonchev–Trinajstić information content (AvgIpc) is 2.68. The van der Waals surface area contributed by atoms with E-state index in [2.05, 4.69) is 16.3 Å². The van der Waals surface area contributed by atoms with Gasteiger partial charge >= 0.3 is 5.97 Å². The van der Waals surface area contributed by atoms with Crippen molar-refractivity contribution in [2.75, 3.05) is 18.4 Å². The SMILES string of the molecule is C=C(C=C(Cl)C=NC)Oc1ccc(NS(=O)(=O)c2c(C)cc(Cl)cc2Cl)cc1C(=O)OCC. The van der Waals surface area contributed by atoms with E-state index in [9.17, 15) is 13.2 Å². The normalized spacial score (nSPS) is 12.0. The zero-order chi connectivity index (χ0) is 24.8. The topological polar surface area (TPSA) is 94.1 Å². The lowest BCUT2D eigenvalue weighted by Gasteiger charge is -2.15. The number of nitrogens with zero attached hydrogens (tertiary/aromatic N) is 1. The Balaban J connectivity index is 2.44. The van der Waals surface area contributed by atoms with Crippen LogP contribution in [0.1, 0.15) is 22.8 Å². The molecule has 0 fully saturated rings. The molecule has 0 radical (unpaired) electrons. The van der Waals surface area contributed by atoms with Crippen molar-refractivity contribution in [2.45, 2.75) is 18.7 Å². The molecule has 0 aliphatic rings. The van der Waals surface area contributed by atoms with Crippen molar-refractivity contribution in [3.63, 3.8) is 0 Å². The first-order valence-corrected chi connectivity index (χ1v) is 12.1. The molecule has 0 saturated carbocycles. The summed E-state index contributed by atoms with van der Waals surface area (Å²) >= 11 is 18.0. The van der Waals surface area contributed by atoms with Crippen LogP contribution in [0.3, 0.4) is 0 Å². The van der Waals surface area contributed by atoms with E-state index >= 15 is 0 Å². The summed E-state index contributed by atoms with van der Waals surface area (Å²) in [6.07, 6.45) is 2.80. The van der Waals surface area contributed by atoms with Gasteiger partial charge in [-0.3, -0.25) is 9.71 Å². The van der Waals surface area contributed by atoms with Crippen LogP contribution in [-0.2, 0) is 14.8 Å². The van der Waals surface area contributed by atoms with Gasteiger partial charge in [0.15, 0.2) is 0 Å². The molecule has 33 heavy (non-hydrogen) atoms. The first kappa shape index (κ1) is 26.7. The molecular formula is C22H21Cl3N2O5S. The number of rotatable bonds is 9. The van der Waals surface area contributed by atoms with E-state index < -0.39 is 16.0 Å². The van der Waals surface area contributed by atoms with Crippen LogP contribution in [-0.4, -0.2) is 34.3 Å².